The molecule has 0 bridgehead atoms. The highest BCUT2D eigenvalue weighted by molar-refractivity contribution is 8.19. The van der Waals surface area contributed by atoms with E-state index in [2.05, 4.69) is 20.5 Å². The Morgan fingerprint density at radius 3 is 2.29 bits per heavy atom. The first-order valence-corrected chi connectivity index (χ1v) is 9.58. The third kappa shape index (κ3) is 4.02. The van der Waals surface area contributed by atoms with Crippen molar-refractivity contribution in [1.29, 1.82) is 0 Å². The molecule has 3 aromatic rings. The Morgan fingerprint density at radius 1 is 0.964 bits per heavy atom. The summed E-state index contributed by atoms with van der Waals surface area (Å²) in [6, 6.07) is 13.9. The summed E-state index contributed by atoms with van der Waals surface area (Å²) in [7, 11) is 10.7. The molecule has 0 unspecified atom stereocenters. The standard InChI is InChI=1S/C17H14B3N4O3S/c1-21-24-17-13(28(25,26)27)9-10-7-8-12(16(20-19)14(10)15(17)18)23-22-11-5-3-2-4-6-11/h2-9,25-27H,1H3. The monoisotopic (exact) mass is 387 g/mol. The highest BCUT2D eigenvalue weighted by Gasteiger charge is 2.24. The second-order valence-corrected chi connectivity index (χ2v) is 7.23. The van der Waals surface area contributed by atoms with Gasteiger partial charge in [-0.3, -0.25) is 0 Å². The van der Waals surface area contributed by atoms with Crippen LogP contribution in [0.1, 0.15) is 0 Å². The van der Waals surface area contributed by atoms with Crippen LogP contribution in [0.25, 0.3) is 10.8 Å². The molecular weight excluding hydrogens is 373 g/mol. The van der Waals surface area contributed by atoms with Gasteiger partial charge in [0.15, 0.2) is 0 Å². The summed E-state index contributed by atoms with van der Waals surface area (Å²) in [5.74, 6) is 0. The Hall–Kier alpha value is -2.46. The number of hydrogen-bond donors (Lipinski definition) is 3. The van der Waals surface area contributed by atoms with Crippen molar-refractivity contribution in [3.05, 3.63) is 48.5 Å². The molecule has 0 saturated heterocycles. The Morgan fingerprint density at radius 2 is 1.68 bits per heavy atom. The molecule has 0 aliphatic rings. The lowest BCUT2D eigenvalue weighted by Crippen LogP contribution is -2.23. The first-order chi connectivity index (χ1) is 13.4. The summed E-state index contributed by atoms with van der Waals surface area (Å²) in [6.07, 6.45) is 0. The minimum Gasteiger partial charge on any atom is -0.304 e. The van der Waals surface area contributed by atoms with Gasteiger partial charge in [0.2, 0.25) is 0 Å². The van der Waals surface area contributed by atoms with Crippen LogP contribution in [-0.2, 0) is 0 Å². The summed E-state index contributed by atoms with van der Waals surface area (Å²) in [4.78, 5) is -0.218. The van der Waals surface area contributed by atoms with Gasteiger partial charge in [-0.25, -0.2) is 0 Å². The van der Waals surface area contributed by atoms with Gasteiger partial charge in [-0.05, 0) is 35.0 Å². The fourth-order valence-corrected chi connectivity index (χ4v) is 3.48. The molecule has 28 heavy (non-hydrogen) atoms. The van der Waals surface area contributed by atoms with Gasteiger partial charge in [0.05, 0.1) is 29.1 Å². The lowest BCUT2D eigenvalue weighted by molar-refractivity contribution is 0.376. The molecule has 0 fully saturated rings. The molecule has 11 heteroatoms. The second kappa shape index (κ2) is 8.28. The quantitative estimate of drug-likeness (QED) is 0.458. The van der Waals surface area contributed by atoms with E-state index in [9.17, 15) is 13.7 Å². The third-order valence-corrected chi connectivity index (χ3v) is 4.89. The largest absolute Gasteiger partial charge is 0.304 e. The number of nitrogens with zero attached hydrogens (tertiary/aromatic N) is 4. The molecule has 0 spiro atoms. The van der Waals surface area contributed by atoms with Crippen LogP contribution >= 0.6 is 10.9 Å². The molecule has 3 aromatic carbocycles. The Bertz CT molecular complexity index is 1070. The number of fused-ring (bicyclic) bond motifs is 1. The number of benzene rings is 3. The van der Waals surface area contributed by atoms with Crippen LogP contribution in [0.4, 0.5) is 17.1 Å². The fourth-order valence-electron chi connectivity index (χ4n) is 2.78. The third-order valence-electron chi connectivity index (χ3n) is 3.99. The van der Waals surface area contributed by atoms with Crippen molar-refractivity contribution >= 4 is 72.4 Å². The first-order valence-electron chi connectivity index (χ1n) is 8.08. The number of hydrogen-bond acceptors (Lipinski definition) is 7. The van der Waals surface area contributed by atoms with E-state index in [1.807, 2.05) is 30.3 Å². The predicted octanol–water partition coefficient (Wildman–Crippen LogP) is 3.76. The highest BCUT2D eigenvalue weighted by Crippen LogP contribution is 2.49. The lowest BCUT2D eigenvalue weighted by atomic mass is 9.49. The molecule has 7 nitrogen and oxygen atoms in total. The van der Waals surface area contributed by atoms with Crippen LogP contribution in [0.5, 0.6) is 0 Å². The van der Waals surface area contributed by atoms with Gasteiger partial charge >= 0.3 is 0 Å². The van der Waals surface area contributed by atoms with Gasteiger partial charge in [-0.2, -0.15) is 20.5 Å². The SMILES string of the molecule is [B][B]c1c(N=Nc2ccccc2)ccc2cc(S(O)(O)O)c(N=NC)c([B])c12. The number of rotatable bonds is 5. The van der Waals surface area contributed by atoms with Gasteiger partial charge in [0, 0.05) is 14.8 Å². The van der Waals surface area contributed by atoms with Crippen molar-refractivity contribution < 1.29 is 13.7 Å². The van der Waals surface area contributed by atoms with E-state index in [4.69, 9.17) is 15.6 Å². The minimum absolute atomic E-state index is 0.0438. The van der Waals surface area contributed by atoms with Gasteiger partial charge in [-0.15, -0.1) is 0 Å². The molecule has 5 radical (unpaired) electrons. The van der Waals surface area contributed by atoms with Crippen molar-refractivity contribution in [3.8, 4) is 0 Å². The maximum Gasteiger partial charge on any atom is 0.117 e. The zero-order valence-electron chi connectivity index (χ0n) is 14.9. The first kappa shape index (κ1) is 20.3. The lowest BCUT2D eigenvalue weighted by Gasteiger charge is -2.24. The van der Waals surface area contributed by atoms with Gasteiger partial charge in [0.1, 0.15) is 18.7 Å². The van der Waals surface area contributed by atoms with E-state index >= 15 is 0 Å². The maximum atomic E-state index is 9.74. The molecular formula is C17H14B3N4O3S. The summed E-state index contributed by atoms with van der Waals surface area (Å²) in [6.45, 7) is 0. The van der Waals surface area contributed by atoms with Crippen LogP contribution in [0.15, 0.2) is 73.9 Å². The second-order valence-electron chi connectivity index (χ2n) is 5.75. The predicted molar refractivity (Wildman–Crippen MR) is 115 cm³/mol. The molecule has 0 atom stereocenters. The van der Waals surface area contributed by atoms with E-state index in [1.165, 1.54) is 20.3 Å². The Kier molecular flexibility index (Phi) is 6.00. The van der Waals surface area contributed by atoms with Crippen molar-refractivity contribution in [2.75, 3.05) is 7.05 Å². The molecule has 0 saturated carbocycles. The van der Waals surface area contributed by atoms with Gasteiger partial charge in [0.25, 0.3) is 0 Å². The van der Waals surface area contributed by atoms with E-state index in [0.717, 1.165) is 0 Å². The van der Waals surface area contributed by atoms with Crippen LogP contribution in [0.2, 0.25) is 0 Å². The number of azo groups is 2. The topological polar surface area (TPSA) is 110 Å². The minimum atomic E-state index is -4.06. The zero-order valence-corrected chi connectivity index (χ0v) is 15.7. The normalized spacial score (nSPS) is 12.9. The molecule has 0 heterocycles. The van der Waals surface area contributed by atoms with E-state index < -0.39 is 10.9 Å². The van der Waals surface area contributed by atoms with Crippen LogP contribution < -0.4 is 10.9 Å². The summed E-state index contributed by atoms with van der Waals surface area (Å²) < 4.78 is 29.2. The molecule has 0 aromatic heterocycles. The van der Waals surface area contributed by atoms with Crippen molar-refractivity contribution in [2.45, 2.75) is 4.90 Å². The molecule has 3 rings (SSSR count). The van der Waals surface area contributed by atoms with Crippen LogP contribution in [0, 0.1) is 0 Å². The molecule has 0 aliphatic heterocycles. The summed E-state index contributed by atoms with van der Waals surface area (Å²) >= 11 is 0. The van der Waals surface area contributed by atoms with Crippen molar-refractivity contribution in [1.82, 2.24) is 0 Å². The Labute approximate surface area is 167 Å². The molecule has 3 N–H and O–H groups in total. The van der Waals surface area contributed by atoms with Crippen LogP contribution in [0.3, 0.4) is 0 Å². The van der Waals surface area contributed by atoms with Gasteiger partial charge < -0.3 is 13.7 Å². The van der Waals surface area contributed by atoms with E-state index in [0.29, 0.717) is 27.6 Å². The fraction of sp³-hybridized carbons (Fsp3) is 0.0588. The smallest absolute Gasteiger partial charge is 0.117 e. The summed E-state index contributed by atoms with van der Waals surface area (Å²) in [5, 5.41) is 16.9. The highest BCUT2D eigenvalue weighted by atomic mass is 32.3. The Balaban J connectivity index is 2.25. The average Bonchev–Trinajstić information content (AvgIpc) is 2.68. The molecule has 135 valence electrons. The van der Waals surface area contributed by atoms with Crippen molar-refractivity contribution in [2.24, 2.45) is 20.5 Å². The zero-order chi connectivity index (χ0) is 20.3. The molecule has 0 aliphatic carbocycles. The van der Waals surface area contributed by atoms with Gasteiger partial charge in [-0.1, -0.05) is 35.2 Å². The average molecular weight is 387 g/mol. The van der Waals surface area contributed by atoms with Crippen molar-refractivity contribution in [3.63, 3.8) is 0 Å². The maximum absolute atomic E-state index is 9.74. The van der Waals surface area contributed by atoms with Crippen LogP contribution in [-0.4, -0.2) is 43.5 Å². The summed E-state index contributed by atoms with van der Waals surface area (Å²) in [5.41, 5.74) is 1.67. The molecule has 0 amide bonds. The van der Waals surface area contributed by atoms with E-state index in [1.54, 1.807) is 12.1 Å². The van der Waals surface area contributed by atoms with E-state index in [-0.39, 0.29) is 16.0 Å².